The van der Waals surface area contributed by atoms with Crippen LogP contribution < -0.4 is 5.32 Å². The van der Waals surface area contributed by atoms with Crippen LogP contribution in [-0.4, -0.2) is 51.8 Å². The highest BCUT2D eigenvalue weighted by molar-refractivity contribution is 4.80. The predicted molar refractivity (Wildman–Crippen MR) is 80.1 cm³/mol. The monoisotopic (exact) mass is 258 g/mol. The van der Waals surface area contributed by atoms with Crippen molar-refractivity contribution in [3.05, 3.63) is 0 Å². The Kier molecular flexibility index (Phi) is 9.70. The Morgan fingerprint density at radius 2 is 2.00 bits per heavy atom. The number of ether oxygens (including phenoxy) is 1. The van der Waals surface area contributed by atoms with Crippen molar-refractivity contribution in [3.8, 4) is 0 Å². The van der Waals surface area contributed by atoms with E-state index in [0.29, 0.717) is 11.3 Å². The lowest BCUT2D eigenvalue weighted by atomic mass is 9.84. The Morgan fingerprint density at radius 3 is 2.44 bits per heavy atom. The molecule has 0 aromatic heterocycles. The molecular formula is C15H34N2O. The summed E-state index contributed by atoms with van der Waals surface area (Å²) < 4.78 is 5.23. The van der Waals surface area contributed by atoms with E-state index in [9.17, 15) is 0 Å². The average molecular weight is 258 g/mol. The van der Waals surface area contributed by atoms with Crippen LogP contribution >= 0.6 is 0 Å². The molecule has 1 atom stereocenters. The number of nitrogens with zero attached hydrogens (tertiary/aromatic N) is 1. The van der Waals surface area contributed by atoms with E-state index in [1.54, 1.807) is 7.11 Å². The molecule has 1 N–H and O–H groups in total. The topological polar surface area (TPSA) is 24.5 Å². The second kappa shape index (κ2) is 9.76. The summed E-state index contributed by atoms with van der Waals surface area (Å²) in [6.45, 7) is 14.5. The van der Waals surface area contributed by atoms with Crippen LogP contribution in [-0.2, 0) is 4.74 Å². The Morgan fingerprint density at radius 1 is 1.33 bits per heavy atom. The number of rotatable bonds is 11. The maximum Gasteiger partial charge on any atom is 0.0589 e. The van der Waals surface area contributed by atoms with E-state index in [2.05, 4.69) is 45.0 Å². The lowest BCUT2D eigenvalue weighted by molar-refractivity contribution is 0.0986. The van der Waals surface area contributed by atoms with Crippen molar-refractivity contribution >= 4 is 0 Å². The van der Waals surface area contributed by atoms with E-state index in [-0.39, 0.29) is 0 Å². The van der Waals surface area contributed by atoms with Crippen LogP contribution in [0.5, 0.6) is 0 Å². The first-order valence-corrected chi connectivity index (χ1v) is 7.33. The molecule has 0 rings (SSSR count). The fourth-order valence-electron chi connectivity index (χ4n) is 2.77. The summed E-state index contributed by atoms with van der Waals surface area (Å²) in [6.07, 6.45) is 2.52. The van der Waals surface area contributed by atoms with E-state index >= 15 is 0 Å². The molecule has 0 fully saturated rings. The van der Waals surface area contributed by atoms with Gasteiger partial charge in [-0.1, -0.05) is 34.1 Å². The SMILES string of the molecule is CCCC(C)(CNC)CN(CCOC)CC(C)C. The van der Waals surface area contributed by atoms with Gasteiger partial charge in [0.2, 0.25) is 0 Å². The van der Waals surface area contributed by atoms with Crippen LogP contribution in [0.4, 0.5) is 0 Å². The van der Waals surface area contributed by atoms with Crippen LogP contribution in [0.2, 0.25) is 0 Å². The molecule has 110 valence electrons. The van der Waals surface area contributed by atoms with Crippen molar-refractivity contribution in [3.63, 3.8) is 0 Å². The van der Waals surface area contributed by atoms with Crippen molar-refractivity contribution < 1.29 is 4.74 Å². The minimum Gasteiger partial charge on any atom is -0.383 e. The minimum atomic E-state index is 0.367. The molecule has 0 spiro atoms. The molecule has 3 nitrogen and oxygen atoms in total. The smallest absolute Gasteiger partial charge is 0.0589 e. The first kappa shape index (κ1) is 17.9. The summed E-state index contributed by atoms with van der Waals surface area (Å²) in [5, 5.41) is 3.35. The van der Waals surface area contributed by atoms with Gasteiger partial charge in [0.25, 0.3) is 0 Å². The maximum atomic E-state index is 5.23. The molecular weight excluding hydrogens is 224 g/mol. The van der Waals surface area contributed by atoms with Gasteiger partial charge in [0, 0.05) is 33.3 Å². The highest BCUT2D eigenvalue weighted by atomic mass is 16.5. The van der Waals surface area contributed by atoms with Gasteiger partial charge in [0.05, 0.1) is 6.61 Å². The summed E-state index contributed by atoms with van der Waals surface area (Å²) in [5.74, 6) is 0.710. The molecule has 3 heteroatoms. The molecule has 1 unspecified atom stereocenters. The van der Waals surface area contributed by atoms with Crippen molar-refractivity contribution in [2.45, 2.75) is 40.5 Å². The van der Waals surface area contributed by atoms with E-state index in [1.165, 1.54) is 12.8 Å². The summed E-state index contributed by atoms with van der Waals surface area (Å²) in [4.78, 5) is 2.56. The Balaban J connectivity index is 4.46. The Hall–Kier alpha value is -0.120. The molecule has 0 heterocycles. The molecule has 0 aliphatic heterocycles. The highest BCUT2D eigenvalue weighted by Gasteiger charge is 2.25. The summed E-state index contributed by atoms with van der Waals surface area (Å²) in [7, 11) is 3.84. The van der Waals surface area contributed by atoms with Gasteiger partial charge >= 0.3 is 0 Å². The molecule has 0 aliphatic carbocycles. The molecule has 0 amide bonds. The molecule has 0 aliphatic rings. The highest BCUT2D eigenvalue weighted by Crippen LogP contribution is 2.24. The number of nitrogens with one attached hydrogen (secondary N) is 1. The van der Waals surface area contributed by atoms with E-state index in [0.717, 1.165) is 32.8 Å². The largest absolute Gasteiger partial charge is 0.383 e. The fraction of sp³-hybridized carbons (Fsp3) is 1.00. The van der Waals surface area contributed by atoms with Gasteiger partial charge in [-0.25, -0.2) is 0 Å². The molecule has 0 bridgehead atoms. The van der Waals surface area contributed by atoms with Gasteiger partial charge in [0.1, 0.15) is 0 Å². The predicted octanol–water partition coefficient (Wildman–Crippen LogP) is 2.62. The maximum absolute atomic E-state index is 5.23. The van der Waals surface area contributed by atoms with Crippen LogP contribution in [0.15, 0.2) is 0 Å². The van der Waals surface area contributed by atoms with E-state index < -0.39 is 0 Å². The summed E-state index contributed by atoms with van der Waals surface area (Å²) in [6, 6.07) is 0. The van der Waals surface area contributed by atoms with Crippen molar-refractivity contribution in [1.82, 2.24) is 10.2 Å². The lowest BCUT2D eigenvalue weighted by Gasteiger charge is -2.36. The molecule has 0 saturated heterocycles. The average Bonchev–Trinajstić information content (AvgIpc) is 2.25. The number of hydrogen-bond donors (Lipinski definition) is 1. The molecule has 0 aromatic rings. The van der Waals surface area contributed by atoms with E-state index in [1.807, 2.05) is 0 Å². The third-order valence-electron chi connectivity index (χ3n) is 3.30. The molecule has 18 heavy (non-hydrogen) atoms. The standard InChI is InChI=1S/C15H34N2O/c1-7-8-15(4,12-16-5)13-17(9-10-18-6)11-14(2)3/h14,16H,7-13H2,1-6H3. The van der Waals surface area contributed by atoms with Crippen molar-refractivity contribution in [2.24, 2.45) is 11.3 Å². The summed E-state index contributed by atoms with van der Waals surface area (Å²) >= 11 is 0. The van der Waals surface area contributed by atoms with E-state index in [4.69, 9.17) is 4.74 Å². The van der Waals surface area contributed by atoms with Crippen molar-refractivity contribution in [1.29, 1.82) is 0 Å². The summed E-state index contributed by atoms with van der Waals surface area (Å²) in [5.41, 5.74) is 0.367. The van der Waals surface area contributed by atoms with Gasteiger partial charge in [-0.15, -0.1) is 0 Å². The zero-order valence-corrected chi connectivity index (χ0v) is 13.4. The second-order valence-electron chi connectivity index (χ2n) is 6.21. The number of methoxy groups -OCH3 is 1. The fourth-order valence-corrected chi connectivity index (χ4v) is 2.77. The first-order chi connectivity index (χ1) is 8.47. The van der Waals surface area contributed by atoms with Gasteiger partial charge in [0.15, 0.2) is 0 Å². The normalized spacial score (nSPS) is 15.3. The molecule has 0 radical (unpaired) electrons. The minimum absolute atomic E-state index is 0.367. The molecule has 0 aromatic carbocycles. The van der Waals surface area contributed by atoms with Crippen LogP contribution in [0, 0.1) is 11.3 Å². The zero-order chi connectivity index (χ0) is 14.0. The van der Waals surface area contributed by atoms with Gasteiger partial charge in [-0.2, -0.15) is 0 Å². The van der Waals surface area contributed by atoms with Crippen LogP contribution in [0.1, 0.15) is 40.5 Å². The van der Waals surface area contributed by atoms with Gasteiger partial charge in [-0.05, 0) is 24.8 Å². The zero-order valence-electron chi connectivity index (χ0n) is 13.4. The van der Waals surface area contributed by atoms with Gasteiger partial charge in [-0.3, -0.25) is 0 Å². The molecule has 0 saturated carbocycles. The Bertz CT molecular complexity index is 189. The third-order valence-corrected chi connectivity index (χ3v) is 3.30. The van der Waals surface area contributed by atoms with Gasteiger partial charge < -0.3 is 15.0 Å². The number of hydrogen-bond acceptors (Lipinski definition) is 3. The van der Waals surface area contributed by atoms with Crippen LogP contribution in [0.3, 0.4) is 0 Å². The third kappa shape index (κ3) is 8.06. The quantitative estimate of drug-likeness (QED) is 0.616. The lowest BCUT2D eigenvalue weighted by Crippen LogP contribution is -2.44. The van der Waals surface area contributed by atoms with Crippen molar-refractivity contribution in [2.75, 3.05) is 46.9 Å². The first-order valence-electron chi connectivity index (χ1n) is 7.33. The Labute approximate surface area is 114 Å². The second-order valence-corrected chi connectivity index (χ2v) is 6.21. The van der Waals surface area contributed by atoms with Crippen LogP contribution in [0.25, 0.3) is 0 Å².